The summed E-state index contributed by atoms with van der Waals surface area (Å²) in [5, 5.41) is 3.93. The van der Waals surface area contributed by atoms with Crippen molar-refractivity contribution >= 4 is 47.3 Å². The van der Waals surface area contributed by atoms with E-state index >= 15 is 0 Å². The van der Waals surface area contributed by atoms with Crippen LogP contribution in [0.5, 0.6) is 0 Å². The normalized spacial score (nSPS) is 11.8. The van der Waals surface area contributed by atoms with Gasteiger partial charge in [-0.2, -0.15) is 5.10 Å². The van der Waals surface area contributed by atoms with Crippen LogP contribution in [-0.2, 0) is 9.05 Å². The Bertz CT molecular complexity index is 697. The maximum atomic E-state index is 11.4. The van der Waals surface area contributed by atoms with Crippen LogP contribution in [0.2, 0.25) is 5.15 Å². The van der Waals surface area contributed by atoms with Crippen molar-refractivity contribution in [2.45, 2.75) is 11.8 Å². The minimum absolute atomic E-state index is 0.0858. The summed E-state index contributed by atoms with van der Waals surface area (Å²) < 4.78 is 24.8. The molecule has 0 N–H and O–H groups in total. The van der Waals surface area contributed by atoms with Gasteiger partial charge in [-0.15, -0.1) is 0 Å². The maximum Gasteiger partial charge on any atom is 0.266 e. The van der Waals surface area contributed by atoms with E-state index in [9.17, 15) is 8.42 Å². The molecule has 0 aliphatic carbocycles. The zero-order valence-electron chi connectivity index (χ0n) is 8.93. The summed E-state index contributed by atoms with van der Waals surface area (Å²) in [6.45, 7) is 1.51. The van der Waals surface area contributed by atoms with Crippen molar-refractivity contribution in [2.75, 3.05) is 0 Å². The van der Waals surface area contributed by atoms with E-state index in [0.717, 1.165) is 4.47 Å². The molecule has 0 aliphatic heterocycles. The highest BCUT2D eigenvalue weighted by Gasteiger charge is 2.25. The summed E-state index contributed by atoms with van der Waals surface area (Å²) in [6.07, 6.45) is 1.55. The van der Waals surface area contributed by atoms with Gasteiger partial charge in [0, 0.05) is 21.4 Å². The Labute approximate surface area is 121 Å². The van der Waals surface area contributed by atoms with Crippen LogP contribution in [0.1, 0.15) is 5.69 Å². The third kappa shape index (κ3) is 2.54. The Kier molecular flexibility index (Phi) is 3.68. The SMILES string of the molecule is Cc1nn(-c2ccc(Br)cn2)c(Cl)c1S(=O)(=O)Cl. The van der Waals surface area contributed by atoms with Crippen LogP contribution in [-0.4, -0.2) is 23.2 Å². The molecule has 0 bridgehead atoms. The summed E-state index contributed by atoms with van der Waals surface area (Å²) in [4.78, 5) is 3.88. The smallest absolute Gasteiger partial charge is 0.236 e. The van der Waals surface area contributed by atoms with Crippen molar-refractivity contribution in [2.24, 2.45) is 0 Å². The lowest BCUT2D eigenvalue weighted by molar-refractivity contribution is 0.609. The zero-order valence-corrected chi connectivity index (χ0v) is 12.8. The van der Waals surface area contributed by atoms with Gasteiger partial charge >= 0.3 is 0 Å². The molecule has 0 spiro atoms. The quantitative estimate of drug-likeness (QED) is 0.762. The van der Waals surface area contributed by atoms with Gasteiger partial charge in [0.25, 0.3) is 9.05 Å². The van der Waals surface area contributed by atoms with E-state index in [2.05, 4.69) is 26.0 Å². The molecule has 0 atom stereocenters. The predicted molar refractivity (Wildman–Crippen MR) is 71.8 cm³/mol. The second-order valence-corrected chi connectivity index (χ2v) is 7.17. The number of pyridine rings is 1. The van der Waals surface area contributed by atoms with Gasteiger partial charge in [0.2, 0.25) is 0 Å². The average Bonchev–Trinajstić information content (AvgIpc) is 2.54. The van der Waals surface area contributed by atoms with E-state index in [-0.39, 0.29) is 15.7 Å². The first-order valence-corrected chi connectivity index (χ1v) is 8.10. The van der Waals surface area contributed by atoms with Gasteiger partial charge in [-0.3, -0.25) is 0 Å². The molecule has 2 rings (SSSR count). The van der Waals surface area contributed by atoms with E-state index < -0.39 is 9.05 Å². The van der Waals surface area contributed by atoms with Crippen LogP contribution in [0.15, 0.2) is 27.7 Å². The number of hydrogen-bond donors (Lipinski definition) is 0. The summed E-state index contributed by atoms with van der Waals surface area (Å²) in [7, 11) is 1.36. The molecule has 5 nitrogen and oxygen atoms in total. The van der Waals surface area contributed by atoms with Gasteiger partial charge < -0.3 is 0 Å². The van der Waals surface area contributed by atoms with Gasteiger partial charge in [-0.1, -0.05) is 11.6 Å². The summed E-state index contributed by atoms with van der Waals surface area (Å²) in [6, 6.07) is 3.39. The third-order valence-corrected chi connectivity index (χ3v) is 4.49. The van der Waals surface area contributed by atoms with Gasteiger partial charge in [0.1, 0.15) is 4.90 Å². The molecule has 0 unspecified atom stereocenters. The van der Waals surface area contributed by atoms with E-state index in [1.54, 1.807) is 18.3 Å². The number of rotatable bonds is 2. The number of aromatic nitrogens is 3. The average molecular weight is 371 g/mol. The molecule has 2 heterocycles. The summed E-state index contributed by atoms with van der Waals surface area (Å²) >= 11 is 9.22. The molecule has 2 aromatic rings. The molecule has 18 heavy (non-hydrogen) atoms. The van der Waals surface area contributed by atoms with Crippen LogP contribution < -0.4 is 0 Å². The molecule has 0 aliphatic rings. The second kappa shape index (κ2) is 4.80. The molecule has 0 aromatic carbocycles. The zero-order chi connectivity index (χ0) is 13.5. The van der Waals surface area contributed by atoms with Crippen LogP contribution in [0.25, 0.3) is 5.82 Å². The number of halogens is 3. The molecule has 0 amide bonds. The fourth-order valence-electron chi connectivity index (χ4n) is 1.41. The molecular formula is C9H6BrCl2N3O2S. The fraction of sp³-hybridized carbons (Fsp3) is 0.111. The number of nitrogens with zero attached hydrogens (tertiary/aromatic N) is 3. The first-order chi connectivity index (χ1) is 8.30. The highest BCUT2D eigenvalue weighted by molar-refractivity contribution is 9.10. The van der Waals surface area contributed by atoms with Gasteiger partial charge in [0.05, 0.1) is 5.69 Å². The van der Waals surface area contributed by atoms with E-state index in [4.69, 9.17) is 22.3 Å². The van der Waals surface area contributed by atoms with Crippen LogP contribution in [0, 0.1) is 6.92 Å². The topological polar surface area (TPSA) is 64.8 Å². The van der Waals surface area contributed by atoms with E-state index in [1.165, 1.54) is 11.6 Å². The molecule has 0 saturated carbocycles. The molecule has 9 heteroatoms. The van der Waals surface area contributed by atoms with Crippen molar-refractivity contribution in [1.29, 1.82) is 0 Å². The van der Waals surface area contributed by atoms with Crippen molar-refractivity contribution in [3.63, 3.8) is 0 Å². The maximum absolute atomic E-state index is 11.4. The highest BCUT2D eigenvalue weighted by Crippen LogP contribution is 2.29. The first kappa shape index (κ1) is 13.8. The highest BCUT2D eigenvalue weighted by atomic mass is 79.9. The van der Waals surface area contributed by atoms with Crippen molar-refractivity contribution in [3.05, 3.63) is 33.6 Å². The minimum atomic E-state index is -3.94. The van der Waals surface area contributed by atoms with Gasteiger partial charge in [0.15, 0.2) is 11.0 Å². The summed E-state index contributed by atoms with van der Waals surface area (Å²) in [5.41, 5.74) is 0.222. The monoisotopic (exact) mass is 369 g/mol. The molecule has 96 valence electrons. The predicted octanol–water partition coefficient (Wildman–Crippen LogP) is 2.92. The van der Waals surface area contributed by atoms with Crippen LogP contribution in [0.4, 0.5) is 0 Å². The first-order valence-electron chi connectivity index (χ1n) is 4.62. The van der Waals surface area contributed by atoms with E-state index in [0.29, 0.717) is 5.82 Å². The minimum Gasteiger partial charge on any atom is -0.236 e. The Balaban J connectivity index is 2.65. The van der Waals surface area contributed by atoms with Gasteiger partial charge in [-0.25, -0.2) is 18.1 Å². The molecule has 2 aromatic heterocycles. The van der Waals surface area contributed by atoms with E-state index in [1.807, 2.05) is 0 Å². The second-order valence-electron chi connectivity index (χ2n) is 3.39. The largest absolute Gasteiger partial charge is 0.266 e. The van der Waals surface area contributed by atoms with Crippen molar-refractivity contribution in [3.8, 4) is 5.82 Å². The third-order valence-electron chi connectivity index (χ3n) is 2.12. The van der Waals surface area contributed by atoms with Gasteiger partial charge in [-0.05, 0) is 35.0 Å². The molecule has 0 saturated heterocycles. The fourth-order valence-corrected chi connectivity index (χ4v) is 3.56. The standard InChI is InChI=1S/C9H6BrCl2N3O2S/c1-5-8(18(12,16)17)9(11)15(14-5)7-3-2-6(10)4-13-7/h2-4H,1H3. The molecule has 0 radical (unpaired) electrons. The summed E-state index contributed by atoms with van der Waals surface area (Å²) in [5.74, 6) is 0.401. The molecule has 0 fully saturated rings. The Morgan fingerprint density at radius 1 is 1.39 bits per heavy atom. The van der Waals surface area contributed by atoms with Crippen LogP contribution in [0.3, 0.4) is 0 Å². The van der Waals surface area contributed by atoms with Crippen LogP contribution >= 0.6 is 38.2 Å². The Morgan fingerprint density at radius 3 is 2.50 bits per heavy atom. The van der Waals surface area contributed by atoms with Crippen molar-refractivity contribution in [1.82, 2.24) is 14.8 Å². The molecular weight excluding hydrogens is 365 g/mol. The Hall–Kier alpha value is -0.630. The lowest BCUT2D eigenvalue weighted by Crippen LogP contribution is -1.99. The Morgan fingerprint density at radius 2 is 2.06 bits per heavy atom. The number of hydrogen-bond acceptors (Lipinski definition) is 4. The lowest BCUT2D eigenvalue weighted by Gasteiger charge is -2.01. The number of aryl methyl sites for hydroxylation is 1. The van der Waals surface area contributed by atoms with Crippen molar-refractivity contribution < 1.29 is 8.42 Å². The lowest BCUT2D eigenvalue weighted by atomic mass is 10.5.